The van der Waals surface area contributed by atoms with Gasteiger partial charge in [-0.1, -0.05) is 12.8 Å². The molecule has 0 amide bonds. The van der Waals surface area contributed by atoms with Crippen LogP contribution in [-0.2, 0) is 14.2 Å². The van der Waals surface area contributed by atoms with Crippen LogP contribution in [0.25, 0.3) is 0 Å². The number of hydrogen-bond acceptors (Lipinski definition) is 5. The van der Waals surface area contributed by atoms with E-state index in [1.54, 1.807) is 7.11 Å². The summed E-state index contributed by atoms with van der Waals surface area (Å²) in [5.74, 6) is 0.927. The smallest absolute Gasteiger partial charge is 0.146 e. The van der Waals surface area contributed by atoms with Gasteiger partial charge in [0.1, 0.15) is 6.79 Å². The topological polar surface area (TPSA) is 27.7 Å². The van der Waals surface area contributed by atoms with Crippen molar-refractivity contribution in [2.45, 2.75) is 37.4 Å². The normalized spacial score (nSPS) is 12.9. The SMILES string of the molecule is COCCOCOCCCCCC(S)CCS. The van der Waals surface area contributed by atoms with Gasteiger partial charge in [-0.2, -0.15) is 25.3 Å². The summed E-state index contributed by atoms with van der Waals surface area (Å²) in [6, 6.07) is 0. The first kappa shape index (κ1) is 17.6. The maximum absolute atomic E-state index is 5.33. The van der Waals surface area contributed by atoms with Crippen LogP contribution in [0.2, 0.25) is 0 Å². The summed E-state index contributed by atoms with van der Waals surface area (Å²) in [5.41, 5.74) is 0. The van der Waals surface area contributed by atoms with Gasteiger partial charge in [0, 0.05) is 19.0 Å². The van der Waals surface area contributed by atoms with Crippen LogP contribution in [0.4, 0.5) is 0 Å². The second-order valence-electron chi connectivity index (χ2n) is 3.94. The van der Waals surface area contributed by atoms with Gasteiger partial charge in [-0.25, -0.2) is 0 Å². The minimum atomic E-state index is 0.373. The van der Waals surface area contributed by atoms with Gasteiger partial charge in [0.2, 0.25) is 0 Å². The molecule has 0 N–H and O–H groups in total. The van der Waals surface area contributed by atoms with Crippen molar-refractivity contribution in [3.63, 3.8) is 0 Å². The molecule has 0 aromatic heterocycles. The molecule has 1 unspecified atom stereocenters. The van der Waals surface area contributed by atoms with Gasteiger partial charge in [0.05, 0.1) is 13.2 Å². The number of methoxy groups -OCH3 is 1. The monoisotopic (exact) mass is 282 g/mol. The molecule has 0 aliphatic heterocycles. The Morgan fingerprint density at radius 2 is 1.71 bits per heavy atom. The minimum Gasteiger partial charge on any atom is -0.382 e. The van der Waals surface area contributed by atoms with Gasteiger partial charge in [-0.05, 0) is 25.0 Å². The largest absolute Gasteiger partial charge is 0.382 e. The fourth-order valence-corrected chi connectivity index (χ4v) is 2.20. The molecule has 0 fully saturated rings. The predicted molar refractivity (Wildman–Crippen MR) is 78.4 cm³/mol. The first-order chi connectivity index (χ1) is 8.31. The van der Waals surface area contributed by atoms with Crippen LogP contribution >= 0.6 is 25.3 Å². The number of thiol groups is 2. The van der Waals surface area contributed by atoms with Crippen molar-refractivity contribution in [2.24, 2.45) is 0 Å². The van der Waals surface area contributed by atoms with Gasteiger partial charge in [0.25, 0.3) is 0 Å². The minimum absolute atomic E-state index is 0.373. The van der Waals surface area contributed by atoms with Gasteiger partial charge in [-0.15, -0.1) is 0 Å². The summed E-state index contributed by atoms with van der Waals surface area (Å²) < 4.78 is 15.4. The Balaban J connectivity index is 2.98. The van der Waals surface area contributed by atoms with Crippen molar-refractivity contribution in [3.8, 4) is 0 Å². The molecule has 0 rings (SSSR count). The molecular weight excluding hydrogens is 256 g/mol. The second-order valence-corrected chi connectivity index (χ2v) is 5.12. The summed E-state index contributed by atoms with van der Waals surface area (Å²) in [4.78, 5) is 0. The average molecular weight is 282 g/mol. The quantitative estimate of drug-likeness (QED) is 0.309. The Morgan fingerprint density at radius 1 is 0.941 bits per heavy atom. The van der Waals surface area contributed by atoms with Crippen molar-refractivity contribution < 1.29 is 14.2 Å². The lowest BCUT2D eigenvalue weighted by Crippen LogP contribution is -2.06. The molecule has 3 nitrogen and oxygen atoms in total. The van der Waals surface area contributed by atoms with Gasteiger partial charge in [0.15, 0.2) is 0 Å². The molecule has 0 heterocycles. The summed E-state index contributed by atoms with van der Waals surface area (Å²) in [5, 5.41) is 0.505. The van der Waals surface area contributed by atoms with E-state index in [4.69, 9.17) is 14.2 Å². The third-order valence-electron chi connectivity index (χ3n) is 2.39. The van der Waals surface area contributed by atoms with Crippen LogP contribution in [0.1, 0.15) is 32.1 Å². The van der Waals surface area contributed by atoms with Crippen molar-refractivity contribution in [3.05, 3.63) is 0 Å². The van der Waals surface area contributed by atoms with Gasteiger partial charge < -0.3 is 14.2 Å². The lowest BCUT2D eigenvalue weighted by molar-refractivity contribution is -0.0664. The molecule has 0 saturated carbocycles. The van der Waals surface area contributed by atoms with Crippen molar-refractivity contribution in [2.75, 3.05) is 39.5 Å². The highest BCUT2D eigenvalue weighted by atomic mass is 32.1. The highest BCUT2D eigenvalue weighted by Crippen LogP contribution is 2.12. The molecule has 0 bridgehead atoms. The van der Waals surface area contributed by atoms with E-state index in [-0.39, 0.29) is 0 Å². The molecular formula is C12H26O3S2. The highest BCUT2D eigenvalue weighted by molar-refractivity contribution is 7.81. The Kier molecular flexibility index (Phi) is 15.1. The third kappa shape index (κ3) is 14.5. The molecule has 0 aromatic rings. The maximum atomic E-state index is 5.33. The van der Waals surface area contributed by atoms with Gasteiger partial charge >= 0.3 is 0 Å². The fourth-order valence-electron chi connectivity index (χ4n) is 1.37. The van der Waals surface area contributed by atoms with E-state index in [0.29, 0.717) is 25.3 Å². The van der Waals surface area contributed by atoms with E-state index in [2.05, 4.69) is 25.3 Å². The standard InChI is InChI=1S/C12H26O3S2/c1-13-8-9-15-11-14-7-4-2-3-5-12(17)6-10-16/h12,16-17H,2-11H2,1H3. The molecule has 17 heavy (non-hydrogen) atoms. The summed E-state index contributed by atoms with van der Waals surface area (Å²) in [6.07, 6.45) is 5.77. The van der Waals surface area contributed by atoms with E-state index in [0.717, 1.165) is 25.2 Å². The lowest BCUT2D eigenvalue weighted by Gasteiger charge is -2.08. The fraction of sp³-hybridized carbons (Fsp3) is 1.00. The Hall–Kier alpha value is 0.580. The highest BCUT2D eigenvalue weighted by Gasteiger charge is 2.00. The van der Waals surface area contributed by atoms with Crippen LogP contribution in [0, 0.1) is 0 Å². The molecule has 1 atom stereocenters. The molecule has 0 aromatic carbocycles. The Labute approximate surface area is 116 Å². The van der Waals surface area contributed by atoms with Crippen LogP contribution in [0.15, 0.2) is 0 Å². The molecule has 0 aliphatic carbocycles. The van der Waals surface area contributed by atoms with Crippen LogP contribution < -0.4 is 0 Å². The molecule has 5 heteroatoms. The Morgan fingerprint density at radius 3 is 2.41 bits per heavy atom. The Bertz CT molecular complexity index is 148. The van der Waals surface area contributed by atoms with Crippen molar-refractivity contribution in [1.82, 2.24) is 0 Å². The van der Waals surface area contributed by atoms with Crippen LogP contribution in [0.3, 0.4) is 0 Å². The van der Waals surface area contributed by atoms with Gasteiger partial charge in [-0.3, -0.25) is 0 Å². The van der Waals surface area contributed by atoms with E-state index < -0.39 is 0 Å². The first-order valence-corrected chi connectivity index (χ1v) is 7.39. The van der Waals surface area contributed by atoms with Crippen LogP contribution in [0.5, 0.6) is 0 Å². The zero-order chi connectivity index (χ0) is 12.8. The zero-order valence-electron chi connectivity index (χ0n) is 10.8. The molecule has 104 valence electrons. The third-order valence-corrected chi connectivity index (χ3v) is 3.16. The molecule has 0 radical (unpaired) electrons. The maximum Gasteiger partial charge on any atom is 0.146 e. The molecule has 0 saturated heterocycles. The number of ether oxygens (including phenoxy) is 3. The van der Waals surface area contributed by atoms with E-state index in [1.165, 1.54) is 19.3 Å². The second kappa shape index (κ2) is 14.6. The van der Waals surface area contributed by atoms with E-state index >= 15 is 0 Å². The molecule has 0 spiro atoms. The summed E-state index contributed by atoms with van der Waals surface area (Å²) >= 11 is 8.68. The number of unbranched alkanes of at least 4 members (excludes halogenated alkanes) is 2. The lowest BCUT2D eigenvalue weighted by atomic mass is 10.1. The predicted octanol–water partition coefficient (Wildman–Crippen LogP) is 2.80. The summed E-state index contributed by atoms with van der Waals surface area (Å²) in [7, 11) is 1.66. The molecule has 0 aliphatic rings. The number of hydrogen-bond donors (Lipinski definition) is 2. The summed E-state index contributed by atoms with van der Waals surface area (Å²) in [6.45, 7) is 2.37. The van der Waals surface area contributed by atoms with Crippen molar-refractivity contribution >= 4 is 25.3 Å². The first-order valence-electron chi connectivity index (χ1n) is 6.24. The van der Waals surface area contributed by atoms with Crippen LogP contribution in [-0.4, -0.2) is 44.7 Å². The van der Waals surface area contributed by atoms with E-state index in [1.807, 2.05) is 0 Å². The number of rotatable bonds is 13. The van der Waals surface area contributed by atoms with E-state index in [9.17, 15) is 0 Å². The zero-order valence-corrected chi connectivity index (χ0v) is 12.6. The van der Waals surface area contributed by atoms with Crippen molar-refractivity contribution in [1.29, 1.82) is 0 Å². The average Bonchev–Trinajstić information content (AvgIpc) is 2.32.